The van der Waals surface area contributed by atoms with Gasteiger partial charge in [0, 0.05) is 18.0 Å². The lowest BCUT2D eigenvalue weighted by molar-refractivity contribution is 0.00920. The largest absolute Gasteiger partial charge is 0.357 e. The van der Waals surface area contributed by atoms with Gasteiger partial charge < -0.3 is 10.1 Å². The molecule has 0 saturated heterocycles. The molecule has 0 fully saturated rings. The molecule has 2 rings (SSSR count). The van der Waals surface area contributed by atoms with Crippen molar-refractivity contribution < 1.29 is 4.74 Å². The van der Waals surface area contributed by atoms with Crippen LogP contribution >= 0.6 is 15.9 Å². The zero-order valence-electron chi connectivity index (χ0n) is 9.11. The van der Waals surface area contributed by atoms with Gasteiger partial charge in [0.25, 0.3) is 0 Å². The standard InChI is InChI=1S/C13H14BrNO/c1-16-13(8-2-3-9-15-13)12-6-4-11(10-14)5-7-12/h2-9,15H,10H2,1H3. The fourth-order valence-corrected chi connectivity index (χ4v) is 2.11. The van der Waals surface area contributed by atoms with Crippen LogP contribution in [0.2, 0.25) is 0 Å². The molecule has 0 saturated carbocycles. The van der Waals surface area contributed by atoms with Crippen LogP contribution in [0.25, 0.3) is 0 Å². The van der Waals surface area contributed by atoms with Crippen molar-refractivity contribution in [1.82, 2.24) is 5.32 Å². The molecule has 0 bridgehead atoms. The highest BCUT2D eigenvalue weighted by Crippen LogP contribution is 2.26. The summed E-state index contributed by atoms with van der Waals surface area (Å²) in [6.45, 7) is 0. The summed E-state index contributed by atoms with van der Waals surface area (Å²) in [6, 6.07) is 8.35. The van der Waals surface area contributed by atoms with Crippen molar-refractivity contribution in [3.8, 4) is 0 Å². The van der Waals surface area contributed by atoms with Gasteiger partial charge >= 0.3 is 0 Å². The molecule has 1 unspecified atom stereocenters. The van der Waals surface area contributed by atoms with Crippen molar-refractivity contribution in [3.05, 3.63) is 59.8 Å². The number of hydrogen-bond donors (Lipinski definition) is 1. The molecule has 0 radical (unpaired) electrons. The van der Waals surface area contributed by atoms with E-state index in [9.17, 15) is 0 Å². The van der Waals surface area contributed by atoms with Gasteiger partial charge in [-0.25, -0.2) is 0 Å². The van der Waals surface area contributed by atoms with Gasteiger partial charge in [0.05, 0.1) is 0 Å². The van der Waals surface area contributed by atoms with E-state index in [0.29, 0.717) is 0 Å². The van der Waals surface area contributed by atoms with Crippen LogP contribution in [0.5, 0.6) is 0 Å². The van der Waals surface area contributed by atoms with Crippen molar-refractivity contribution in [1.29, 1.82) is 0 Å². The van der Waals surface area contributed by atoms with E-state index in [2.05, 4.69) is 45.5 Å². The summed E-state index contributed by atoms with van der Waals surface area (Å²) in [5.74, 6) is 0. The van der Waals surface area contributed by atoms with Gasteiger partial charge in [0.1, 0.15) is 0 Å². The van der Waals surface area contributed by atoms with Crippen LogP contribution in [-0.2, 0) is 15.8 Å². The van der Waals surface area contributed by atoms with Gasteiger partial charge in [-0.2, -0.15) is 0 Å². The average molecular weight is 280 g/mol. The summed E-state index contributed by atoms with van der Waals surface area (Å²) >= 11 is 3.44. The monoisotopic (exact) mass is 279 g/mol. The molecule has 0 aliphatic carbocycles. The maximum absolute atomic E-state index is 5.58. The summed E-state index contributed by atoms with van der Waals surface area (Å²) in [6.07, 6.45) is 7.83. The molecule has 3 heteroatoms. The summed E-state index contributed by atoms with van der Waals surface area (Å²) in [5, 5.41) is 4.11. The van der Waals surface area contributed by atoms with Gasteiger partial charge in [-0.15, -0.1) is 0 Å². The number of rotatable bonds is 3. The number of alkyl halides is 1. The number of halogens is 1. The highest BCUT2D eigenvalue weighted by atomic mass is 79.9. The number of nitrogens with one attached hydrogen (secondary N) is 1. The van der Waals surface area contributed by atoms with Gasteiger partial charge in [-0.1, -0.05) is 46.3 Å². The summed E-state index contributed by atoms with van der Waals surface area (Å²) in [4.78, 5) is 0. The Bertz CT molecular complexity index is 410. The minimum atomic E-state index is -0.528. The summed E-state index contributed by atoms with van der Waals surface area (Å²) in [7, 11) is 1.70. The second-order valence-corrected chi connectivity index (χ2v) is 4.19. The topological polar surface area (TPSA) is 21.3 Å². The maximum Gasteiger partial charge on any atom is 0.183 e. The average Bonchev–Trinajstić information content (AvgIpc) is 2.39. The van der Waals surface area contributed by atoms with Crippen LogP contribution < -0.4 is 5.32 Å². The fourth-order valence-electron chi connectivity index (χ4n) is 1.73. The van der Waals surface area contributed by atoms with E-state index in [4.69, 9.17) is 4.74 Å². The van der Waals surface area contributed by atoms with E-state index in [-0.39, 0.29) is 0 Å². The normalized spacial score (nSPS) is 23.1. The van der Waals surface area contributed by atoms with Crippen molar-refractivity contribution in [2.45, 2.75) is 11.1 Å². The Hall–Kier alpha value is -1.06. The zero-order chi connectivity index (χ0) is 11.4. The molecule has 2 nitrogen and oxygen atoms in total. The number of allylic oxidation sites excluding steroid dienone is 2. The molecule has 0 aromatic heterocycles. The van der Waals surface area contributed by atoms with Crippen LogP contribution in [0.3, 0.4) is 0 Å². The highest BCUT2D eigenvalue weighted by molar-refractivity contribution is 9.08. The second-order valence-electron chi connectivity index (χ2n) is 3.63. The van der Waals surface area contributed by atoms with E-state index in [1.165, 1.54) is 5.56 Å². The predicted octanol–water partition coefficient (Wildman–Crippen LogP) is 3.05. The SMILES string of the molecule is COC1(c2ccc(CBr)cc2)C=CC=CN1. The smallest absolute Gasteiger partial charge is 0.183 e. The molecule has 1 aromatic carbocycles. The van der Waals surface area contributed by atoms with Gasteiger partial charge in [-0.3, -0.25) is 0 Å². The molecule has 1 aromatic rings. The molecule has 1 N–H and O–H groups in total. The number of methoxy groups -OCH3 is 1. The molecule has 84 valence electrons. The summed E-state index contributed by atoms with van der Waals surface area (Å²) in [5.41, 5.74) is 1.82. The molecule has 1 heterocycles. The van der Waals surface area contributed by atoms with E-state index < -0.39 is 5.72 Å². The Labute approximate surface area is 104 Å². The van der Waals surface area contributed by atoms with E-state index in [0.717, 1.165) is 10.9 Å². The first-order chi connectivity index (χ1) is 7.80. The maximum atomic E-state index is 5.58. The Kier molecular flexibility index (Phi) is 3.46. The Morgan fingerprint density at radius 2 is 2.00 bits per heavy atom. The fraction of sp³-hybridized carbons (Fsp3) is 0.231. The second kappa shape index (κ2) is 4.85. The van der Waals surface area contributed by atoms with E-state index in [1.54, 1.807) is 7.11 Å². The lowest BCUT2D eigenvalue weighted by atomic mass is 9.99. The van der Waals surface area contributed by atoms with E-state index in [1.807, 2.05) is 24.4 Å². The van der Waals surface area contributed by atoms with Crippen LogP contribution in [0, 0.1) is 0 Å². The first-order valence-corrected chi connectivity index (χ1v) is 6.25. The third-order valence-corrected chi connectivity index (χ3v) is 3.34. The van der Waals surface area contributed by atoms with Crippen molar-refractivity contribution in [2.75, 3.05) is 7.11 Å². The van der Waals surface area contributed by atoms with Crippen LogP contribution in [0.15, 0.2) is 48.7 Å². The van der Waals surface area contributed by atoms with Gasteiger partial charge in [-0.05, 0) is 23.9 Å². The Balaban J connectivity index is 2.33. The van der Waals surface area contributed by atoms with Gasteiger partial charge in [0.15, 0.2) is 5.72 Å². The minimum Gasteiger partial charge on any atom is -0.357 e. The molecule has 1 aliphatic heterocycles. The number of benzene rings is 1. The predicted molar refractivity (Wildman–Crippen MR) is 69.2 cm³/mol. The quantitative estimate of drug-likeness (QED) is 0.859. The lowest BCUT2D eigenvalue weighted by Gasteiger charge is -2.31. The highest BCUT2D eigenvalue weighted by Gasteiger charge is 2.28. The Morgan fingerprint density at radius 1 is 1.25 bits per heavy atom. The molecule has 1 aliphatic rings. The number of dihydropyridines is 1. The molecule has 1 atom stereocenters. The van der Waals surface area contributed by atoms with Gasteiger partial charge in [0.2, 0.25) is 0 Å². The Morgan fingerprint density at radius 3 is 2.50 bits per heavy atom. The summed E-state index contributed by atoms with van der Waals surface area (Å²) < 4.78 is 5.58. The first kappa shape index (κ1) is 11.4. The first-order valence-electron chi connectivity index (χ1n) is 5.13. The third kappa shape index (κ3) is 2.06. The minimum absolute atomic E-state index is 0.528. The zero-order valence-corrected chi connectivity index (χ0v) is 10.7. The molecule has 0 spiro atoms. The molecular formula is C13H14BrNO. The molecule has 16 heavy (non-hydrogen) atoms. The van der Waals surface area contributed by atoms with E-state index >= 15 is 0 Å². The molecule has 0 amide bonds. The number of ether oxygens (including phenoxy) is 1. The van der Waals surface area contributed by atoms with Crippen molar-refractivity contribution >= 4 is 15.9 Å². The lowest BCUT2D eigenvalue weighted by Crippen LogP contribution is -2.40. The van der Waals surface area contributed by atoms with Crippen molar-refractivity contribution in [3.63, 3.8) is 0 Å². The number of hydrogen-bond acceptors (Lipinski definition) is 2. The molecular weight excluding hydrogens is 266 g/mol. The van der Waals surface area contributed by atoms with Crippen LogP contribution in [-0.4, -0.2) is 7.11 Å². The van der Waals surface area contributed by atoms with Crippen LogP contribution in [0.4, 0.5) is 0 Å². The third-order valence-electron chi connectivity index (χ3n) is 2.70. The van der Waals surface area contributed by atoms with Crippen molar-refractivity contribution in [2.24, 2.45) is 0 Å². The van der Waals surface area contributed by atoms with Crippen LogP contribution in [0.1, 0.15) is 11.1 Å².